The van der Waals surface area contributed by atoms with Crippen molar-refractivity contribution in [2.24, 2.45) is 0 Å². The minimum absolute atomic E-state index is 0.0705. The highest BCUT2D eigenvalue weighted by Crippen LogP contribution is 2.28. The van der Waals surface area contributed by atoms with Crippen LogP contribution in [0.15, 0.2) is 42.6 Å². The van der Waals surface area contributed by atoms with Gasteiger partial charge in [-0.15, -0.1) is 0 Å². The zero-order chi connectivity index (χ0) is 18.9. The summed E-state index contributed by atoms with van der Waals surface area (Å²) in [4.78, 5) is 18.9. The second-order valence-corrected chi connectivity index (χ2v) is 6.64. The van der Waals surface area contributed by atoms with Gasteiger partial charge in [-0.05, 0) is 30.7 Å². The molecule has 1 amide bonds. The molecule has 1 aromatic heterocycles. The minimum atomic E-state index is -0.0705. The van der Waals surface area contributed by atoms with Crippen molar-refractivity contribution in [2.45, 2.75) is 26.2 Å². The highest BCUT2D eigenvalue weighted by atomic mass is 16.5. The fraction of sp³-hybridized carbons (Fsp3) is 0.429. The summed E-state index contributed by atoms with van der Waals surface area (Å²) < 4.78 is 5.44. The predicted octanol–water partition coefficient (Wildman–Crippen LogP) is 3.58. The van der Waals surface area contributed by atoms with Crippen molar-refractivity contribution in [1.82, 2.24) is 10.3 Å². The molecular formula is C21H28N4O2. The second-order valence-electron chi connectivity index (χ2n) is 6.64. The SMILES string of the molecule is CCCCCNC(=O)c1ccc(Nc2ccccc2N2CCOCC2)nc1. The lowest BCUT2D eigenvalue weighted by Gasteiger charge is -2.30. The van der Waals surface area contributed by atoms with E-state index in [2.05, 4.69) is 33.5 Å². The van der Waals surface area contributed by atoms with Crippen LogP contribution in [0.1, 0.15) is 36.5 Å². The molecule has 1 aromatic carbocycles. The minimum Gasteiger partial charge on any atom is -0.378 e. The Morgan fingerprint density at radius 3 is 2.70 bits per heavy atom. The largest absolute Gasteiger partial charge is 0.378 e. The number of amides is 1. The molecule has 3 rings (SSSR count). The average Bonchev–Trinajstić information content (AvgIpc) is 2.73. The number of morpholine rings is 1. The molecule has 0 spiro atoms. The van der Waals surface area contributed by atoms with Crippen LogP contribution >= 0.6 is 0 Å². The molecular weight excluding hydrogens is 340 g/mol. The summed E-state index contributed by atoms with van der Waals surface area (Å²) in [5, 5.41) is 6.31. The van der Waals surface area contributed by atoms with Gasteiger partial charge >= 0.3 is 0 Å². The fourth-order valence-electron chi connectivity index (χ4n) is 3.08. The zero-order valence-corrected chi connectivity index (χ0v) is 15.9. The number of pyridine rings is 1. The number of rotatable bonds is 8. The van der Waals surface area contributed by atoms with Gasteiger partial charge in [-0.3, -0.25) is 4.79 Å². The van der Waals surface area contributed by atoms with Crippen molar-refractivity contribution in [3.63, 3.8) is 0 Å². The number of anilines is 3. The Labute approximate surface area is 160 Å². The van der Waals surface area contributed by atoms with E-state index in [-0.39, 0.29) is 5.91 Å². The molecule has 27 heavy (non-hydrogen) atoms. The molecule has 0 radical (unpaired) electrons. The van der Waals surface area contributed by atoms with Gasteiger partial charge < -0.3 is 20.3 Å². The molecule has 2 heterocycles. The van der Waals surface area contributed by atoms with Crippen molar-refractivity contribution in [3.8, 4) is 0 Å². The summed E-state index contributed by atoms with van der Waals surface area (Å²) >= 11 is 0. The molecule has 144 valence electrons. The monoisotopic (exact) mass is 368 g/mol. The number of nitrogens with zero attached hydrogens (tertiary/aromatic N) is 2. The van der Waals surface area contributed by atoms with E-state index in [0.29, 0.717) is 12.1 Å². The molecule has 0 unspecified atom stereocenters. The summed E-state index contributed by atoms with van der Waals surface area (Å²) in [5.74, 6) is 0.650. The molecule has 2 aromatic rings. The molecule has 0 aliphatic carbocycles. The van der Waals surface area contributed by atoms with Crippen molar-refractivity contribution < 1.29 is 9.53 Å². The topological polar surface area (TPSA) is 66.5 Å². The van der Waals surface area contributed by atoms with E-state index in [9.17, 15) is 4.79 Å². The molecule has 1 aliphatic heterocycles. The normalized spacial score (nSPS) is 14.0. The number of nitrogens with one attached hydrogen (secondary N) is 2. The maximum absolute atomic E-state index is 12.1. The number of ether oxygens (including phenoxy) is 1. The first-order valence-electron chi connectivity index (χ1n) is 9.71. The molecule has 1 fully saturated rings. The van der Waals surface area contributed by atoms with E-state index in [1.807, 2.05) is 30.3 Å². The van der Waals surface area contributed by atoms with Gasteiger partial charge in [0.1, 0.15) is 5.82 Å². The number of hydrogen-bond donors (Lipinski definition) is 2. The molecule has 6 heteroatoms. The van der Waals surface area contributed by atoms with E-state index in [0.717, 1.165) is 62.8 Å². The Kier molecular flexibility index (Phi) is 7.04. The molecule has 1 saturated heterocycles. The average molecular weight is 368 g/mol. The van der Waals surface area contributed by atoms with Gasteiger partial charge in [0.25, 0.3) is 5.91 Å². The smallest absolute Gasteiger partial charge is 0.252 e. The van der Waals surface area contributed by atoms with Crippen LogP contribution in [-0.4, -0.2) is 43.7 Å². The van der Waals surface area contributed by atoms with Crippen LogP contribution in [0.5, 0.6) is 0 Å². The van der Waals surface area contributed by atoms with E-state index >= 15 is 0 Å². The van der Waals surface area contributed by atoms with Crippen molar-refractivity contribution in [2.75, 3.05) is 43.1 Å². The van der Waals surface area contributed by atoms with Crippen LogP contribution in [0, 0.1) is 0 Å². The van der Waals surface area contributed by atoms with Gasteiger partial charge in [-0.25, -0.2) is 4.98 Å². The van der Waals surface area contributed by atoms with Crippen molar-refractivity contribution in [1.29, 1.82) is 0 Å². The van der Waals surface area contributed by atoms with Gasteiger partial charge in [0, 0.05) is 25.8 Å². The Morgan fingerprint density at radius 1 is 1.15 bits per heavy atom. The van der Waals surface area contributed by atoms with Gasteiger partial charge in [0.05, 0.1) is 30.2 Å². The van der Waals surface area contributed by atoms with Crippen molar-refractivity contribution >= 4 is 23.1 Å². The number of carbonyl (C=O) groups is 1. The first kappa shape index (κ1) is 19.2. The van der Waals surface area contributed by atoms with Crippen LogP contribution in [-0.2, 0) is 4.74 Å². The predicted molar refractivity (Wildman–Crippen MR) is 109 cm³/mol. The number of hydrogen-bond acceptors (Lipinski definition) is 5. The number of aromatic nitrogens is 1. The van der Waals surface area contributed by atoms with E-state index in [4.69, 9.17) is 4.74 Å². The summed E-state index contributed by atoms with van der Waals surface area (Å²) in [5.41, 5.74) is 2.72. The van der Waals surface area contributed by atoms with Gasteiger partial charge in [-0.1, -0.05) is 31.9 Å². The van der Waals surface area contributed by atoms with E-state index < -0.39 is 0 Å². The maximum atomic E-state index is 12.1. The van der Waals surface area contributed by atoms with Crippen molar-refractivity contribution in [3.05, 3.63) is 48.2 Å². The number of benzene rings is 1. The molecule has 0 atom stereocenters. The first-order valence-corrected chi connectivity index (χ1v) is 9.71. The Hall–Kier alpha value is -2.60. The second kappa shape index (κ2) is 9.92. The van der Waals surface area contributed by atoms with Crippen LogP contribution in [0.4, 0.5) is 17.2 Å². The summed E-state index contributed by atoms with van der Waals surface area (Å²) in [7, 11) is 0. The third-order valence-electron chi connectivity index (χ3n) is 4.61. The first-order chi connectivity index (χ1) is 13.3. The Balaban J connectivity index is 1.62. The lowest BCUT2D eigenvalue weighted by atomic mass is 10.2. The molecule has 0 saturated carbocycles. The lowest BCUT2D eigenvalue weighted by molar-refractivity contribution is 0.0952. The summed E-state index contributed by atoms with van der Waals surface area (Å²) in [6.07, 6.45) is 4.90. The zero-order valence-electron chi connectivity index (χ0n) is 15.9. The van der Waals surface area contributed by atoms with Gasteiger partial charge in [0.2, 0.25) is 0 Å². The molecule has 0 bridgehead atoms. The molecule has 1 aliphatic rings. The third kappa shape index (κ3) is 5.44. The highest BCUT2D eigenvalue weighted by molar-refractivity contribution is 5.94. The molecule has 6 nitrogen and oxygen atoms in total. The van der Waals surface area contributed by atoms with Crippen LogP contribution in [0.3, 0.4) is 0 Å². The van der Waals surface area contributed by atoms with Crippen LogP contribution in [0.25, 0.3) is 0 Å². The maximum Gasteiger partial charge on any atom is 0.252 e. The summed E-state index contributed by atoms with van der Waals surface area (Å²) in [6, 6.07) is 11.8. The number of para-hydroxylation sites is 2. The highest BCUT2D eigenvalue weighted by Gasteiger charge is 2.15. The molecule has 2 N–H and O–H groups in total. The quantitative estimate of drug-likeness (QED) is 0.697. The number of carbonyl (C=O) groups excluding carboxylic acids is 1. The standard InChI is InChI=1S/C21H28N4O2/c1-2-3-6-11-22-21(26)17-9-10-20(23-16-17)24-18-7-4-5-8-19(18)25-12-14-27-15-13-25/h4-5,7-10,16H,2-3,6,11-15H2,1H3,(H,22,26)(H,23,24). The van der Waals surface area contributed by atoms with Gasteiger partial charge in [-0.2, -0.15) is 0 Å². The Morgan fingerprint density at radius 2 is 1.96 bits per heavy atom. The van der Waals surface area contributed by atoms with Crippen LogP contribution < -0.4 is 15.5 Å². The number of unbranched alkanes of at least 4 members (excludes halogenated alkanes) is 2. The summed E-state index contributed by atoms with van der Waals surface area (Å²) in [6.45, 7) is 6.10. The fourth-order valence-corrected chi connectivity index (χ4v) is 3.08. The Bertz CT molecular complexity index is 727. The van der Waals surface area contributed by atoms with E-state index in [1.165, 1.54) is 0 Å². The van der Waals surface area contributed by atoms with Crippen LogP contribution in [0.2, 0.25) is 0 Å². The van der Waals surface area contributed by atoms with E-state index in [1.54, 1.807) is 6.20 Å². The third-order valence-corrected chi connectivity index (χ3v) is 4.61. The lowest BCUT2D eigenvalue weighted by Crippen LogP contribution is -2.36. The van der Waals surface area contributed by atoms with Gasteiger partial charge in [0.15, 0.2) is 0 Å².